The molecule has 1 heterocycles. The van der Waals surface area contributed by atoms with Crippen LogP contribution in [0, 0.1) is 10.1 Å². The molecule has 0 unspecified atom stereocenters. The van der Waals surface area contributed by atoms with Crippen molar-refractivity contribution in [3.63, 3.8) is 0 Å². The van der Waals surface area contributed by atoms with E-state index in [0.29, 0.717) is 25.3 Å². The normalized spacial score (nSPS) is 20.6. The second-order valence-electron chi connectivity index (χ2n) is 3.58. The third-order valence-electron chi connectivity index (χ3n) is 2.52. The molecule has 0 saturated carbocycles. The van der Waals surface area contributed by atoms with Gasteiger partial charge in [0, 0.05) is 24.2 Å². The molecular weight excluding hydrogens is 212 g/mol. The van der Waals surface area contributed by atoms with Crippen molar-refractivity contribution in [1.82, 2.24) is 5.32 Å². The summed E-state index contributed by atoms with van der Waals surface area (Å²) in [4.78, 5) is 10.1. The predicted molar refractivity (Wildman–Crippen MR) is 56.3 cm³/mol. The molecule has 1 fully saturated rings. The Morgan fingerprint density at radius 2 is 2.38 bits per heavy atom. The Bertz CT molecular complexity index is 402. The van der Waals surface area contributed by atoms with Gasteiger partial charge in [0.2, 0.25) is 0 Å². The van der Waals surface area contributed by atoms with Crippen molar-refractivity contribution >= 4 is 5.69 Å². The van der Waals surface area contributed by atoms with Crippen LogP contribution in [0.2, 0.25) is 0 Å². The average Bonchev–Trinajstić information content (AvgIpc) is 2.30. The second kappa shape index (κ2) is 4.46. The number of non-ortho nitro benzene ring substituents is 1. The molecule has 0 spiro atoms. The average molecular weight is 224 g/mol. The summed E-state index contributed by atoms with van der Waals surface area (Å²) in [5.41, 5.74) is 0.481. The van der Waals surface area contributed by atoms with Crippen LogP contribution in [0.25, 0.3) is 0 Å². The summed E-state index contributed by atoms with van der Waals surface area (Å²) >= 11 is 0. The monoisotopic (exact) mass is 224 g/mol. The van der Waals surface area contributed by atoms with Gasteiger partial charge in [0.15, 0.2) is 0 Å². The van der Waals surface area contributed by atoms with Crippen LogP contribution in [0.4, 0.5) is 5.69 Å². The number of morpholine rings is 1. The highest BCUT2D eigenvalue weighted by Gasteiger charge is 2.21. The van der Waals surface area contributed by atoms with Gasteiger partial charge in [0.25, 0.3) is 5.69 Å². The van der Waals surface area contributed by atoms with Crippen molar-refractivity contribution in [2.24, 2.45) is 0 Å². The first kappa shape index (κ1) is 10.8. The van der Waals surface area contributed by atoms with E-state index in [1.807, 2.05) is 0 Å². The molecule has 1 aliphatic heterocycles. The lowest BCUT2D eigenvalue weighted by molar-refractivity contribution is -0.385. The maximum absolute atomic E-state index is 10.6. The summed E-state index contributed by atoms with van der Waals surface area (Å²) in [5.74, 6) is 0.0496. The number of aromatic hydroxyl groups is 1. The molecule has 0 aromatic heterocycles. The number of hydrogen-bond donors (Lipinski definition) is 2. The molecule has 2 rings (SSSR count). The van der Waals surface area contributed by atoms with Gasteiger partial charge < -0.3 is 15.2 Å². The Morgan fingerprint density at radius 1 is 1.56 bits per heavy atom. The molecule has 16 heavy (non-hydrogen) atoms. The summed E-state index contributed by atoms with van der Waals surface area (Å²) in [6, 6.07) is 3.81. The Balaban J connectivity index is 2.30. The van der Waals surface area contributed by atoms with Gasteiger partial charge in [0.05, 0.1) is 24.2 Å². The zero-order chi connectivity index (χ0) is 11.5. The fourth-order valence-corrected chi connectivity index (χ4v) is 1.70. The summed E-state index contributed by atoms with van der Waals surface area (Å²) in [5, 5.41) is 23.4. The second-order valence-corrected chi connectivity index (χ2v) is 3.58. The van der Waals surface area contributed by atoms with Gasteiger partial charge in [-0.25, -0.2) is 0 Å². The lowest BCUT2D eigenvalue weighted by atomic mass is 10.0. The van der Waals surface area contributed by atoms with Crippen molar-refractivity contribution < 1.29 is 14.8 Å². The summed E-state index contributed by atoms with van der Waals surface area (Å²) in [6.45, 7) is 1.70. The molecule has 0 bridgehead atoms. The van der Waals surface area contributed by atoms with Crippen molar-refractivity contribution in [2.45, 2.75) is 6.04 Å². The SMILES string of the molecule is O=[N+]([O-])c1ccc(O)c([C@H]2COCCN2)c1. The molecule has 1 aromatic rings. The van der Waals surface area contributed by atoms with E-state index in [1.165, 1.54) is 18.2 Å². The van der Waals surface area contributed by atoms with Crippen LogP contribution < -0.4 is 5.32 Å². The fourth-order valence-electron chi connectivity index (χ4n) is 1.70. The number of rotatable bonds is 2. The van der Waals surface area contributed by atoms with Gasteiger partial charge in [-0.15, -0.1) is 0 Å². The first-order valence-corrected chi connectivity index (χ1v) is 4.97. The molecular formula is C10H12N2O4. The van der Waals surface area contributed by atoms with Crippen molar-refractivity contribution in [1.29, 1.82) is 0 Å². The van der Waals surface area contributed by atoms with E-state index < -0.39 is 4.92 Å². The number of nitro groups is 1. The number of phenols is 1. The summed E-state index contributed by atoms with van der Waals surface area (Å²) in [6.07, 6.45) is 0. The van der Waals surface area contributed by atoms with Crippen molar-refractivity contribution in [2.75, 3.05) is 19.8 Å². The lowest BCUT2D eigenvalue weighted by Gasteiger charge is -2.24. The Kier molecular flexibility index (Phi) is 3.02. The minimum atomic E-state index is -0.480. The minimum Gasteiger partial charge on any atom is -0.508 e. The van der Waals surface area contributed by atoms with Gasteiger partial charge in [0.1, 0.15) is 5.75 Å². The first-order valence-electron chi connectivity index (χ1n) is 4.97. The number of benzene rings is 1. The highest BCUT2D eigenvalue weighted by Crippen LogP contribution is 2.29. The summed E-state index contributed by atoms with van der Waals surface area (Å²) in [7, 11) is 0. The Labute approximate surface area is 92.0 Å². The van der Waals surface area contributed by atoms with Crippen LogP contribution in [0.5, 0.6) is 5.75 Å². The standard InChI is InChI=1S/C10H12N2O4/c13-10-2-1-7(12(14)15)5-8(10)9-6-16-4-3-11-9/h1-2,5,9,11,13H,3-4,6H2/t9-/m1/s1. The molecule has 1 aliphatic rings. The van der Waals surface area contributed by atoms with Crippen LogP contribution in [-0.2, 0) is 4.74 Å². The first-order chi connectivity index (χ1) is 7.68. The molecule has 1 aromatic carbocycles. The topological polar surface area (TPSA) is 84.6 Å². The van der Waals surface area contributed by atoms with E-state index in [1.54, 1.807) is 0 Å². The highest BCUT2D eigenvalue weighted by molar-refractivity contribution is 5.44. The third kappa shape index (κ3) is 2.12. The number of nitrogens with zero attached hydrogens (tertiary/aromatic N) is 1. The lowest BCUT2D eigenvalue weighted by Crippen LogP contribution is -2.34. The molecule has 86 valence electrons. The summed E-state index contributed by atoms with van der Waals surface area (Å²) < 4.78 is 5.25. The van der Waals surface area contributed by atoms with Gasteiger partial charge in [-0.2, -0.15) is 0 Å². The van der Waals surface area contributed by atoms with E-state index in [0.717, 1.165) is 0 Å². The highest BCUT2D eigenvalue weighted by atomic mass is 16.6. The van der Waals surface area contributed by atoms with Crippen LogP contribution in [0.3, 0.4) is 0 Å². The molecule has 0 amide bonds. The Morgan fingerprint density at radius 3 is 3.00 bits per heavy atom. The quantitative estimate of drug-likeness (QED) is 0.577. The zero-order valence-electron chi connectivity index (χ0n) is 8.55. The van der Waals surface area contributed by atoms with Crippen LogP contribution in [0.1, 0.15) is 11.6 Å². The van der Waals surface area contributed by atoms with E-state index in [4.69, 9.17) is 4.74 Å². The molecule has 0 radical (unpaired) electrons. The number of nitrogens with one attached hydrogen (secondary N) is 1. The van der Waals surface area contributed by atoms with E-state index >= 15 is 0 Å². The number of phenolic OH excluding ortho intramolecular Hbond substituents is 1. The number of nitro benzene ring substituents is 1. The minimum absolute atomic E-state index is 0.0276. The van der Waals surface area contributed by atoms with Crippen LogP contribution in [0.15, 0.2) is 18.2 Å². The smallest absolute Gasteiger partial charge is 0.270 e. The molecule has 6 heteroatoms. The van der Waals surface area contributed by atoms with Crippen molar-refractivity contribution in [3.05, 3.63) is 33.9 Å². The van der Waals surface area contributed by atoms with Gasteiger partial charge in [-0.05, 0) is 6.07 Å². The maximum atomic E-state index is 10.6. The van der Waals surface area contributed by atoms with E-state index in [9.17, 15) is 15.2 Å². The Hall–Kier alpha value is -1.66. The maximum Gasteiger partial charge on any atom is 0.270 e. The predicted octanol–water partition coefficient (Wildman–Crippen LogP) is 0.961. The van der Waals surface area contributed by atoms with Gasteiger partial charge in [-0.3, -0.25) is 10.1 Å². The largest absolute Gasteiger partial charge is 0.508 e. The van der Waals surface area contributed by atoms with E-state index in [-0.39, 0.29) is 17.5 Å². The van der Waals surface area contributed by atoms with Crippen molar-refractivity contribution in [3.8, 4) is 5.75 Å². The molecule has 2 N–H and O–H groups in total. The molecule has 0 aliphatic carbocycles. The molecule has 6 nitrogen and oxygen atoms in total. The number of ether oxygens (including phenoxy) is 1. The number of hydrogen-bond acceptors (Lipinski definition) is 5. The van der Waals surface area contributed by atoms with Gasteiger partial charge in [-0.1, -0.05) is 0 Å². The fraction of sp³-hybridized carbons (Fsp3) is 0.400. The van der Waals surface area contributed by atoms with Crippen LogP contribution in [-0.4, -0.2) is 29.8 Å². The zero-order valence-corrected chi connectivity index (χ0v) is 8.55. The van der Waals surface area contributed by atoms with E-state index in [2.05, 4.69) is 5.32 Å². The molecule has 1 atom stereocenters. The van der Waals surface area contributed by atoms with Gasteiger partial charge >= 0.3 is 0 Å². The van der Waals surface area contributed by atoms with Crippen LogP contribution >= 0.6 is 0 Å². The molecule has 1 saturated heterocycles. The third-order valence-corrected chi connectivity index (χ3v) is 2.52.